The monoisotopic (exact) mass is 402 g/mol. The average Bonchev–Trinajstić information content (AvgIpc) is 3.32. The zero-order valence-electron chi connectivity index (χ0n) is 16.8. The molecule has 0 unspecified atom stereocenters. The topological polar surface area (TPSA) is 97.7 Å². The number of pyridine rings is 1. The molecule has 0 atom stereocenters. The summed E-state index contributed by atoms with van der Waals surface area (Å²) in [6.45, 7) is 2.00. The van der Waals surface area contributed by atoms with Gasteiger partial charge in [-0.3, -0.25) is 14.5 Å². The van der Waals surface area contributed by atoms with Crippen molar-refractivity contribution in [3.05, 3.63) is 65.9 Å². The van der Waals surface area contributed by atoms with Crippen LogP contribution in [0.5, 0.6) is 5.75 Å². The largest absolute Gasteiger partial charge is 0.490 e. The summed E-state index contributed by atoms with van der Waals surface area (Å²) >= 11 is 0. The van der Waals surface area contributed by atoms with Crippen LogP contribution in [0.3, 0.4) is 0 Å². The Morgan fingerprint density at radius 1 is 1.27 bits per heavy atom. The van der Waals surface area contributed by atoms with Gasteiger partial charge in [0.05, 0.1) is 18.0 Å². The Kier molecular flexibility index (Phi) is 4.46. The minimum Gasteiger partial charge on any atom is -0.490 e. The van der Waals surface area contributed by atoms with Crippen molar-refractivity contribution in [3.8, 4) is 5.75 Å². The number of nitrogens with zero attached hydrogens (tertiary/aromatic N) is 4. The van der Waals surface area contributed by atoms with Crippen molar-refractivity contribution < 1.29 is 9.53 Å². The number of H-pyrrole nitrogens is 1. The van der Waals surface area contributed by atoms with E-state index in [0.29, 0.717) is 11.6 Å². The van der Waals surface area contributed by atoms with Gasteiger partial charge in [0.1, 0.15) is 5.75 Å². The van der Waals surface area contributed by atoms with E-state index in [1.807, 2.05) is 31.3 Å². The number of ether oxygens (including phenoxy) is 1. The second kappa shape index (κ2) is 7.29. The van der Waals surface area contributed by atoms with Gasteiger partial charge in [0, 0.05) is 36.0 Å². The summed E-state index contributed by atoms with van der Waals surface area (Å²) in [5, 5.41) is 11.4. The Balaban J connectivity index is 1.26. The molecule has 0 saturated heterocycles. The van der Waals surface area contributed by atoms with Crippen LogP contribution in [0.15, 0.2) is 48.9 Å². The fourth-order valence-corrected chi connectivity index (χ4v) is 3.76. The third-order valence-electron chi connectivity index (χ3n) is 5.54. The second-order valence-corrected chi connectivity index (χ2v) is 7.78. The molecule has 1 aromatic carbocycles. The van der Waals surface area contributed by atoms with Gasteiger partial charge in [-0.15, -0.1) is 5.10 Å². The van der Waals surface area contributed by atoms with Crippen molar-refractivity contribution in [2.24, 2.45) is 7.05 Å². The first kappa shape index (κ1) is 18.4. The maximum atomic E-state index is 12.4. The molecule has 0 aliphatic heterocycles. The molecule has 1 aliphatic carbocycles. The molecule has 3 heterocycles. The van der Waals surface area contributed by atoms with E-state index in [4.69, 9.17) is 4.74 Å². The normalized spacial score (nSPS) is 18.2. The van der Waals surface area contributed by atoms with E-state index in [-0.39, 0.29) is 17.7 Å². The summed E-state index contributed by atoms with van der Waals surface area (Å²) in [5.74, 6) is 0.993. The maximum absolute atomic E-state index is 12.4. The summed E-state index contributed by atoms with van der Waals surface area (Å²) in [6, 6.07) is 10.1. The summed E-state index contributed by atoms with van der Waals surface area (Å²) < 4.78 is 7.67. The molecular weight excluding hydrogens is 380 g/mol. The summed E-state index contributed by atoms with van der Waals surface area (Å²) in [6.07, 6.45) is 7.46. The molecule has 1 fully saturated rings. The van der Waals surface area contributed by atoms with Gasteiger partial charge in [-0.25, -0.2) is 0 Å². The number of amides is 1. The number of aromatic nitrogens is 5. The number of aryl methyl sites for hydroxylation is 2. The van der Waals surface area contributed by atoms with Crippen molar-refractivity contribution in [3.63, 3.8) is 0 Å². The van der Waals surface area contributed by atoms with E-state index in [9.17, 15) is 4.79 Å². The lowest BCUT2D eigenvalue weighted by atomic mass is 9.78. The van der Waals surface area contributed by atoms with E-state index >= 15 is 0 Å². The van der Waals surface area contributed by atoms with Crippen LogP contribution >= 0.6 is 0 Å². The average molecular weight is 402 g/mol. The van der Waals surface area contributed by atoms with Gasteiger partial charge in [-0.1, -0.05) is 11.3 Å². The van der Waals surface area contributed by atoms with Gasteiger partial charge < -0.3 is 15.0 Å². The van der Waals surface area contributed by atoms with E-state index in [2.05, 4.69) is 37.7 Å². The number of aromatic amines is 1. The van der Waals surface area contributed by atoms with Crippen molar-refractivity contribution in [1.82, 2.24) is 25.0 Å². The molecule has 1 amide bonds. The fourth-order valence-electron chi connectivity index (χ4n) is 3.76. The van der Waals surface area contributed by atoms with E-state index in [1.54, 1.807) is 19.4 Å². The molecule has 3 aromatic heterocycles. The van der Waals surface area contributed by atoms with Crippen molar-refractivity contribution in [2.75, 3.05) is 5.32 Å². The molecule has 0 bridgehead atoms. The zero-order valence-corrected chi connectivity index (χ0v) is 16.8. The first-order valence-electron chi connectivity index (χ1n) is 9.93. The lowest BCUT2D eigenvalue weighted by Crippen LogP contribution is -2.32. The molecule has 0 radical (unpaired) electrons. The zero-order chi connectivity index (χ0) is 20.7. The molecule has 8 heteroatoms. The number of nitrogens with one attached hydrogen (secondary N) is 2. The van der Waals surface area contributed by atoms with Crippen LogP contribution < -0.4 is 10.1 Å². The first-order chi connectivity index (χ1) is 14.5. The minimum absolute atomic E-state index is 0.185. The molecule has 152 valence electrons. The van der Waals surface area contributed by atoms with Gasteiger partial charge in [0.25, 0.3) is 5.91 Å². The van der Waals surface area contributed by atoms with Gasteiger partial charge >= 0.3 is 0 Å². The second-order valence-electron chi connectivity index (χ2n) is 7.78. The third-order valence-corrected chi connectivity index (χ3v) is 5.54. The number of carbonyl (C=O) groups excluding carboxylic acids is 1. The smallest absolute Gasteiger partial charge is 0.277 e. The molecule has 1 saturated carbocycles. The molecule has 30 heavy (non-hydrogen) atoms. The SMILES string of the molecule is Cc1ccc([C@H]2C[C@@H](Oc3ccc4[nH]cc(NC(=O)c5cn(C)nn5)c4c3)C2)cn1. The Labute approximate surface area is 173 Å². The standard InChI is InChI=1S/C22H22N6O2/c1-13-3-4-14(10-23-13)15-7-17(8-15)30-16-5-6-19-18(9-16)20(11-24-19)25-22(29)21-12-28(2)27-26-21/h3-6,9-12,15,17,24H,7-8H2,1-2H3,(H,25,29)/t15-,17+. The van der Waals surface area contributed by atoms with Crippen molar-refractivity contribution in [1.29, 1.82) is 0 Å². The Bertz CT molecular complexity index is 1200. The number of rotatable bonds is 5. The first-order valence-corrected chi connectivity index (χ1v) is 9.93. The fraction of sp³-hybridized carbons (Fsp3) is 0.273. The van der Waals surface area contributed by atoms with E-state index in [1.165, 1.54) is 10.2 Å². The highest BCUT2D eigenvalue weighted by Crippen LogP contribution is 2.39. The Morgan fingerprint density at radius 2 is 2.13 bits per heavy atom. The predicted octanol–water partition coefficient (Wildman–Crippen LogP) is 3.58. The van der Waals surface area contributed by atoms with E-state index in [0.717, 1.165) is 35.2 Å². The minimum atomic E-state index is -0.302. The van der Waals surface area contributed by atoms with Crippen LogP contribution in [0.25, 0.3) is 10.9 Å². The quantitative estimate of drug-likeness (QED) is 0.532. The number of anilines is 1. The Morgan fingerprint density at radius 3 is 2.87 bits per heavy atom. The highest BCUT2D eigenvalue weighted by atomic mass is 16.5. The summed E-state index contributed by atoms with van der Waals surface area (Å²) in [7, 11) is 1.72. The maximum Gasteiger partial charge on any atom is 0.277 e. The number of benzene rings is 1. The van der Waals surface area contributed by atoms with Gasteiger partial charge in [0.2, 0.25) is 0 Å². The molecular formula is C22H22N6O2. The number of fused-ring (bicyclic) bond motifs is 1. The van der Waals surface area contributed by atoms with Crippen LogP contribution in [0, 0.1) is 6.92 Å². The Hall–Kier alpha value is -3.68. The summed E-state index contributed by atoms with van der Waals surface area (Å²) in [5.41, 5.74) is 4.19. The van der Waals surface area contributed by atoms with Gasteiger partial charge in [-0.05, 0) is 55.5 Å². The van der Waals surface area contributed by atoms with Crippen LogP contribution in [-0.4, -0.2) is 37.0 Å². The van der Waals surface area contributed by atoms with Crippen LogP contribution in [0.1, 0.15) is 40.5 Å². The predicted molar refractivity (Wildman–Crippen MR) is 113 cm³/mol. The van der Waals surface area contributed by atoms with Crippen molar-refractivity contribution >= 4 is 22.5 Å². The van der Waals surface area contributed by atoms with Crippen molar-refractivity contribution in [2.45, 2.75) is 31.8 Å². The van der Waals surface area contributed by atoms with E-state index < -0.39 is 0 Å². The molecule has 4 aromatic rings. The molecule has 0 spiro atoms. The lowest BCUT2D eigenvalue weighted by Gasteiger charge is -2.35. The molecule has 1 aliphatic rings. The molecule has 2 N–H and O–H groups in total. The van der Waals surface area contributed by atoms with Crippen LogP contribution in [0.2, 0.25) is 0 Å². The third kappa shape index (κ3) is 3.52. The molecule has 8 nitrogen and oxygen atoms in total. The highest BCUT2D eigenvalue weighted by Gasteiger charge is 2.32. The summed E-state index contributed by atoms with van der Waals surface area (Å²) in [4.78, 5) is 20.0. The van der Waals surface area contributed by atoms with Gasteiger partial charge in [-0.2, -0.15) is 0 Å². The highest BCUT2D eigenvalue weighted by molar-refractivity contribution is 6.08. The van der Waals surface area contributed by atoms with Gasteiger partial charge in [0.15, 0.2) is 5.69 Å². The number of carbonyl (C=O) groups is 1. The lowest BCUT2D eigenvalue weighted by molar-refractivity contribution is 0.0985. The number of hydrogen-bond acceptors (Lipinski definition) is 5. The number of hydrogen-bond donors (Lipinski definition) is 2. The molecule has 5 rings (SSSR count). The van der Waals surface area contributed by atoms with Crippen LogP contribution in [0.4, 0.5) is 5.69 Å². The van der Waals surface area contributed by atoms with Crippen LogP contribution in [-0.2, 0) is 7.05 Å².